The van der Waals surface area contributed by atoms with E-state index >= 15 is 0 Å². The van der Waals surface area contributed by atoms with E-state index in [1.807, 2.05) is 0 Å². The minimum atomic E-state index is 0.580. The molecular formula is C15H27N3OS. The molecule has 0 unspecified atom stereocenters. The number of guanidine groups is 1. The summed E-state index contributed by atoms with van der Waals surface area (Å²) in [6.45, 7) is 10.3. The molecule has 114 valence electrons. The summed E-state index contributed by atoms with van der Waals surface area (Å²) >= 11 is 1.79. The third kappa shape index (κ3) is 8.17. The maximum atomic E-state index is 5.53. The molecule has 2 N–H and O–H groups in total. The largest absolute Gasteiger partial charge is 0.379 e. The van der Waals surface area contributed by atoms with Crippen molar-refractivity contribution in [3.63, 3.8) is 0 Å². The fraction of sp³-hybridized carbons (Fsp3) is 0.667. The quantitative estimate of drug-likeness (QED) is 0.418. The lowest BCUT2D eigenvalue weighted by atomic mass is 10.2. The summed E-state index contributed by atoms with van der Waals surface area (Å²) in [7, 11) is 0. The molecule has 0 bridgehead atoms. The summed E-state index contributed by atoms with van der Waals surface area (Å²) < 4.78 is 5.53. The van der Waals surface area contributed by atoms with Crippen molar-refractivity contribution in [1.82, 2.24) is 10.6 Å². The number of ether oxygens (including phenoxy) is 1. The van der Waals surface area contributed by atoms with Crippen LogP contribution in [0.1, 0.15) is 25.6 Å². The van der Waals surface area contributed by atoms with Crippen LogP contribution >= 0.6 is 11.3 Å². The van der Waals surface area contributed by atoms with Gasteiger partial charge in [-0.3, -0.25) is 4.99 Å². The highest BCUT2D eigenvalue weighted by atomic mass is 32.1. The fourth-order valence-corrected chi connectivity index (χ4v) is 2.35. The number of nitrogens with zero attached hydrogens (tertiary/aromatic N) is 1. The van der Waals surface area contributed by atoms with Gasteiger partial charge in [0.05, 0.1) is 13.2 Å². The highest BCUT2D eigenvalue weighted by molar-refractivity contribution is 7.09. The highest BCUT2D eigenvalue weighted by Crippen LogP contribution is 2.07. The van der Waals surface area contributed by atoms with Crippen molar-refractivity contribution in [1.29, 1.82) is 0 Å². The Morgan fingerprint density at radius 1 is 1.40 bits per heavy atom. The van der Waals surface area contributed by atoms with Crippen molar-refractivity contribution in [2.24, 2.45) is 10.9 Å². The molecule has 0 aliphatic rings. The van der Waals surface area contributed by atoms with Crippen LogP contribution in [0.2, 0.25) is 0 Å². The van der Waals surface area contributed by atoms with Gasteiger partial charge in [-0.2, -0.15) is 0 Å². The minimum Gasteiger partial charge on any atom is -0.379 e. The summed E-state index contributed by atoms with van der Waals surface area (Å²) in [6.07, 6.45) is 1.03. The smallest absolute Gasteiger partial charge is 0.191 e. The van der Waals surface area contributed by atoms with Crippen molar-refractivity contribution in [3.8, 4) is 0 Å². The highest BCUT2D eigenvalue weighted by Gasteiger charge is 1.98. The summed E-state index contributed by atoms with van der Waals surface area (Å²) in [4.78, 5) is 5.90. The second-order valence-corrected chi connectivity index (χ2v) is 6.02. The molecule has 20 heavy (non-hydrogen) atoms. The Balaban J connectivity index is 2.20. The molecule has 0 aliphatic heterocycles. The maximum absolute atomic E-state index is 5.53. The monoisotopic (exact) mass is 297 g/mol. The van der Waals surface area contributed by atoms with Gasteiger partial charge in [0.25, 0.3) is 0 Å². The number of hydrogen-bond donors (Lipinski definition) is 2. The van der Waals surface area contributed by atoms with Crippen LogP contribution in [-0.4, -0.2) is 38.8 Å². The van der Waals surface area contributed by atoms with Gasteiger partial charge in [-0.1, -0.05) is 19.9 Å². The Morgan fingerprint density at radius 2 is 2.25 bits per heavy atom. The predicted molar refractivity (Wildman–Crippen MR) is 87.7 cm³/mol. The molecule has 1 heterocycles. The van der Waals surface area contributed by atoms with Gasteiger partial charge in [0, 0.05) is 24.6 Å². The summed E-state index contributed by atoms with van der Waals surface area (Å²) in [5.41, 5.74) is 0. The average molecular weight is 297 g/mol. The Bertz CT molecular complexity index is 363. The lowest BCUT2D eigenvalue weighted by Crippen LogP contribution is -2.38. The second kappa shape index (κ2) is 10.7. The Morgan fingerprint density at radius 3 is 2.90 bits per heavy atom. The van der Waals surface area contributed by atoms with E-state index < -0.39 is 0 Å². The Kier molecular flexibility index (Phi) is 9.07. The molecule has 0 fully saturated rings. The standard InChI is InChI=1S/C15H27N3OS/c1-4-16-15(18-9-10-19-12-13(2)3)17-8-7-14-6-5-11-20-14/h5-6,11,13H,4,7-10,12H2,1-3H3,(H2,16,17,18). The van der Waals surface area contributed by atoms with Crippen LogP contribution in [0.4, 0.5) is 0 Å². The van der Waals surface area contributed by atoms with Crippen molar-refractivity contribution < 1.29 is 4.74 Å². The molecule has 0 atom stereocenters. The Labute approximate surface area is 126 Å². The molecule has 1 aromatic rings. The molecule has 0 saturated carbocycles. The number of aliphatic imine (C=N–C) groups is 1. The predicted octanol–water partition coefficient (Wildman–Crippen LogP) is 2.52. The van der Waals surface area contributed by atoms with Crippen LogP contribution in [0.5, 0.6) is 0 Å². The van der Waals surface area contributed by atoms with Crippen LogP contribution in [0.15, 0.2) is 22.5 Å². The van der Waals surface area contributed by atoms with Gasteiger partial charge in [0.15, 0.2) is 5.96 Å². The van der Waals surface area contributed by atoms with Gasteiger partial charge in [0.1, 0.15) is 0 Å². The summed E-state index contributed by atoms with van der Waals surface area (Å²) in [5.74, 6) is 1.45. The van der Waals surface area contributed by atoms with Crippen LogP contribution in [0, 0.1) is 5.92 Å². The van der Waals surface area contributed by atoms with Crippen LogP contribution < -0.4 is 10.6 Å². The SMILES string of the molecule is CCNC(=NCCOCC(C)C)NCCc1cccs1. The zero-order chi connectivity index (χ0) is 14.6. The lowest BCUT2D eigenvalue weighted by molar-refractivity contribution is 0.117. The second-order valence-electron chi connectivity index (χ2n) is 4.99. The maximum Gasteiger partial charge on any atom is 0.191 e. The number of hydrogen-bond acceptors (Lipinski definition) is 3. The first-order chi connectivity index (χ1) is 9.72. The molecule has 1 rings (SSSR count). The van der Waals surface area contributed by atoms with Crippen LogP contribution in [0.3, 0.4) is 0 Å². The first-order valence-corrected chi connectivity index (χ1v) is 8.22. The number of rotatable bonds is 9. The topological polar surface area (TPSA) is 45.7 Å². The van der Waals surface area contributed by atoms with E-state index in [0.717, 1.165) is 32.1 Å². The van der Waals surface area contributed by atoms with Gasteiger partial charge in [-0.15, -0.1) is 11.3 Å². The van der Waals surface area contributed by atoms with Crippen molar-refractivity contribution in [2.45, 2.75) is 27.2 Å². The molecule has 0 spiro atoms. The van der Waals surface area contributed by atoms with Crippen molar-refractivity contribution in [3.05, 3.63) is 22.4 Å². The van der Waals surface area contributed by atoms with Gasteiger partial charge in [-0.05, 0) is 30.7 Å². The summed E-state index contributed by atoms with van der Waals surface area (Å²) in [6, 6.07) is 4.25. The molecule has 1 aromatic heterocycles. The first-order valence-electron chi connectivity index (χ1n) is 7.34. The zero-order valence-corrected chi connectivity index (χ0v) is 13.6. The first kappa shape index (κ1) is 17.0. The summed E-state index contributed by atoms with van der Waals surface area (Å²) in [5, 5.41) is 8.71. The minimum absolute atomic E-state index is 0.580. The van der Waals surface area contributed by atoms with E-state index in [4.69, 9.17) is 4.74 Å². The molecule has 0 amide bonds. The zero-order valence-electron chi connectivity index (χ0n) is 12.8. The van der Waals surface area contributed by atoms with Crippen molar-refractivity contribution in [2.75, 3.05) is 32.8 Å². The van der Waals surface area contributed by atoms with E-state index in [2.05, 4.69) is 53.9 Å². The molecule has 0 saturated heterocycles. The van der Waals surface area contributed by atoms with E-state index in [-0.39, 0.29) is 0 Å². The third-order valence-electron chi connectivity index (χ3n) is 2.54. The molecule has 0 aliphatic carbocycles. The molecule has 0 radical (unpaired) electrons. The van der Waals surface area contributed by atoms with Gasteiger partial charge in [-0.25, -0.2) is 0 Å². The Hall–Kier alpha value is -1.07. The fourth-order valence-electron chi connectivity index (χ4n) is 1.64. The molecule has 5 heteroatoms. The van der Waals surface area contributed by atoms with Crippen LogP contribution in [-0.2, 0) is 11.2 Å². The van der Waals surface area contributed by atoms with Gasteiger partial charge in [0.2, 0.25) is 0 Å². The number of thiophene rings is 1. The third-order valence-corrected chi connectivity index (χ3v) is 3.48. The average Bonchev–Trinajstić information content (AvgIpc) is 2.91. The normalized spacial score (nSPS) is 11.9. The lowest BCUT2D eigenvalue weighted by Gasteiger charge is -2.11. The van der Waals surface area contributed by atoms with E-state index in [1.165, 1.54) is 4.88 Å². The molecule has 0 aromatic carbocycles. The van der Waals surface area contributed by atoms with Crippen LogP contribution in [0.25, 0.3) is 0 Å². The van der Waals surface area contributed by atoms with E-state index in [0.29, 0.717) is 19.1 Å². The van der Waals surface area contributed by atoms with Crippen molar-refractivity contribution >= 4 is 17.3 Å². The van der Waals surface area contributed by atoms with E-state index in [1.54, 1.807) is 11.3 Å². The van der Waals surface area contributed by atoms with E-state index in [9.17, 15) is 0 Å². The van der Waals surface area contributed by atoms with Gasteiger partial charge < -0.3 is 15.4 Å². The molecular weight excluding hydrogens is 270 g/mol. The van der Waals surface area contributed by atoms with Gasteiger partial charge >= 0.3 is 0 Å². The number of nitrogens with one attached hydrogen (secondary N) is 2. The molecule has 4 nitrogen and oxygen atoms in total.